The molecule has 0 radical (unpaired) electrons. The van der Waals surface area contributed by atoms with Crippen LogP contribution in [0.25, 0.3) is 0 Å². The number of rotatable bonds is 6. The summed E-state index contributed by atoms with van der Waals surface area (Å²) in [5.41, 5.74) is 3.34. The maximum Gasteiger partial charge on any atom is 0.104 e. The first kappa shape index (κ1) is 20.8. The number of hydrogen-bond donors (Lipinski definition) is 0. The fraction of sp³-hybridized carbons (Fsp3) is 0.667. The molecule has 1 aromatic carbocycles. The molecule has 26 heavy (non-hydrogen) atoms. The molecule has 0 unspecified atom stereocenters. The summed E-state index contributed by atoms with van der Waals surface area (Å²) in [4.78, 5) is 0. The van der Waals surface area contributed by atoms with Gasteiger partial charge in [0.2, 0.25) is 0 Å². The molecule has 146 valence electrons. The van der Waals surface area contributed by atoms with Gasteiger partial charge in [0.15, 0.2) is 0 Å². The van der Waals surface area contributed by atoms with Crippen molar-refractivity contribution in [3.05, 3.63) is 37.6 Å². The average molecular weight is 391 g/mol. The van der Waals surface area contributed by atoms with Crippen molar-refractivity contribution in [3.8, 4) is 0 Å². The Kier molecular flexibility index (Phi) is 6.57. The number of benzene rings is 1. The van der Waals surface area contributed by atoms with Crippen LogP contribution < -0.4 is 10.6 Å². The Morgan fingerprint density at radius 3 is 1.15 bits per heavy atom. The van der Waals surface area contributed by atoms with Gasteiger partial charge in [-0.2, -0.15) is 13.3 Å². The van der Waals surface area contributed by atoms with Crippen LogP contribution in [0, 0.1) is 13.3 Å². The number of hydrogen-bond acceptors (Lipinski definition) is 0. The Balaban J connectivity index is 2.17. The van der Waals surface area contributed by atoms with Gasteiger partial charge in [0, 0.05) is 22.6 Å². The van der Waals surface area contributed by atoms with E-state index in [1.165, 1.54) is 51.4 Å². The van der Waals surface area contributed by atoms with E-state index < -0.39 is 14.5 Å². The van der Waals surface area contributed by atoms with E-state index in [0.717, 1.165) is 22.6 Å². The van der Waals surface area contributed by atoms with Crippen LogP contribution in [0.1, 0.15) is 79.1 Å². The second-order valence-corrected chi connectivity index (χ2v) is 16.4. The molecule has 2 heterocycles. The molecular weight excluding hydrogens is 350 g/mol. The van der Waals surface area contributed by atoms with Crippen LogP contribution >= 0.6 is 14.5 Å². The molecule has 3 rings (SSSR count). The van der Waals surface area contributed by atoms with E-state index in [4.69, 9.17) is 13.3 Å². The molecule has 0 N–H and O–H groups in total. The standard InChI is InChI=1S/C24H40P2/c1-7-19-15-16-20(8-2)25(19,5)23-13-11-12-14-24(23)26(6)21(9-3)17-18-22(26)10-4/h11-14,19-22H,5-10,15-18H2,1-4H3/t19-,20-,21-,22-/m1/s1. The maximum atomic E-state index is 5.11. The van der Waals surface area contributed by atoms with Gasteiger partial charge in [-0.05, 0) is 63.5 Å². The lowest BCUT2D eigenvalue weighted by Crippen LogP contribution is -2.37. The van der Waals surface area contributed by atoms with E-state index in [1.807, 2.05) is 0 Å². The molecule has 2 aliphatic rings. The predicted molar refractivity (Wildman–Crippen MR) is 125 cm³/mol. The zero-order valence-corrected chi connectivity index (χ0v) is 19.4. The quantitative estimate of drug-likeness (QED) is 0.354. The van der Waals surface area contributed by atoms with Gasteiger partial charge in [0.1, 0.15) is 10.6 Å². The summed E-state index contributed by atoms with van der Waals surface area (Å²) in [5, 5.41) is 3.41. The highest BCUT2D eigenvalue weighted by molar-refractivity contribution is 7.91. The second kappa shape index (κ2) is 8.21. The monoisotopic (exact) mass is 390 g/mol. The predicted octanol–water partition coefficient (Wildman–Crippen LogP) is 7.26. The summed E-state index contributed by atoms with van der Waals surface area (Å²) in [6.45, 7) is 19.8. The molecule has 2 aliphatic heterocycles. The molecule has 4 atom stereocenters. The molecule has 0 amide bonds. The summed E-state index contributed by atoms with van der Waals surface area (Å²) in [7, 11) is -2.72. The highest BCUT2D eigenvalue weighted by Gasteiger charge is 2.54. The molecule has 2 saturated heterocycles. The van der Waals surface area contributed by atoms with Gasteiger partial charge in [-0.1, -0.05) is 54.4 Å². The van der Waals surface area contributed by atoms with Gasteiger partial charge in [-0.25, -0.2) is 0 Å². The van der Waals surface area contributed by atoms with Crippen molar-refractivity contribution in [1.29, 1.82) is 0 Å². The van der Waals surface area contributed by atoms with Crippen LogP contribution in [0.5, 0.6) is 0 Å². The van der Waals surface area contributed by atoms with E-state index in [9.17, 15) is 0 Å². The zero-order valence-electron chi connectivity index (χ0n) is 17.6. The SMILES string of the molecule is [CH2-][P+]1(c2ccccc2[P+]2([CH2-])[C@H](CC)CC[C@H]2CC)[C@H](CC)CC[C@H]1CC. The lowest BCUT2D eigenvalue weighted by atomic mass is 10.1. The van der Waals surface area contributed by atoms with Crippen molar-refractivity contribution in [3.63, 3.8) is 0 Å². The first-order valence-electron chi connectivity index (χ1n) is 11.0. The lowest BCUT2D eigenvalue weighted by Gasteiger charge is -2.43. The maximum absolute atomic E-state index is 5.11. The molecule has 1 aromatic rings. The van der Waals surface area contributed by atoms with E-state index >= 15 is 0 Å². The zero-order chi connectivity index (χ0) is 18.9. The first-order chi connectivity index (χ1) is 12.5. The van der Waals surface area contributed by atoms with Crippen molar-refractivity contribution < 1.29 is 0 Å². The summed E-state index contributed by atoms with van der Waals surface area (Å²) in [6, 6.07) is 9.59. The minimum atomic E-state index is -1.36. The van der Waals surface area contributed by atoms with Gasteiger partial charge in [0.25, 0.3) is 0 Å². The first-order valence-corrected chi connectivity index (χ1v) is 15.3. The van der Waals surface area contributed by atoms with Crippen LogP contribution in [-0.2, 0) is 0 Å². The third-order valence-corrected chi connectivity index (χ3v) is 18.4. The fourth-order valence-electron chi connectivity index (χ4n) is 6.36. The Morgan fingerprint density at radius 2 is 0.923 bits per heavy atom. The Labute approximate surface area is 164 Å². The van der Waals surface area contributed by atoms with E-state index in [-0.39, 0.29) is 0 Å². The average Bonchev–Trinajstić information content (AvgIpc) is 3.18. The third-order valence-electron chi connectivity index (χ3n) is 7.94. The van der Waals surface area contributed by atoms with Crippen molar-refractivity contribution in [2.24, 2.45) is 0 Å². The molecule has 2 fully saturated rings. The van der Waals surface area contributed by atoms with E-state index in [2.05, 4.69) is 52.0 Å². The van der Waals surface area contributed by atoms with Gasteiger partial charge in [0.05, 0.1) is 0 Å². The largest absolute Gasteiger partial charge is 0.174 e. The van der Waals surface area contributed by atoms with Crippen molar-refractivity contribution in [2.75, 3.05) is 0 Å². The van der Waals surface area contributed by atoms with Crippen molar-refractivity contribution in [2.45, 2.75) is 102 Å². The molecule has 0 spiro atoms. The normalized spacial score (nSPS) is 32.8. The summed E-state index contributed by atoms with van der Waals surface area (Å²) < 4.78 is 0. The Morgan fingerprint density at radius 1 is 0.654 bits per heavy atom. The third kappa shape index (κ3) is 3.03. The Bertz CT molecular complexity index is 531. The molecule has 0 nitrogen and oxygen atoms in total. The molecule has 0 saturated carbocycles. The summed E-state index contributed by atoms with van der Waals surface area (Å²) >= 11 is 0. The van der Waals surface area contributed by atoms with Crippen LogP contribution in [-0.4, -0.2) is 22.6 Å². The van der Waals surface area contributed by atoms with Crippen LogP contribution in [0.3, 0.4) is 0 Å². The van der Waals surface area contributed by atoms with Crippen molar-refractivity contribution >= 4 is 25.1 Å². The van der Waals surface area contributed by atoms with Crippen LogP contribution in [0.4, 0.5) is 0 Å². The van der Waals surface area contributed by atoms with Crippen LogP contribution in [0.15, 0.2) is 24.3 Å². The van der Waals surface area contributed by atoms with Crippen LogP contribution in [0.2, 0.25) is 0 Å². The molecule has 0 bridgehead atoms. The van der Waals surface area contributed by atoms with E-state index in [0.29, 0.717) is 0 Å². The highest BCUT2D eigenvalue weighted by Crippen LogP contribution is 2.77. The Hall–Kier alpha value is 0.0800. The van der Waals surface area contributed by atoms with Gasteiger partial charge < -0.3 is 0 Å². The van der Waals surface area contributed by atoms with E-state index in [1.54, 1.807) is 10.6 Å². The lowest BCUT2D eigenvalue weighted by molar-refractivity contribution is 0.696. The molecule has 2 heteroatoms. The topological polar surface area (TPSA) is 0 Å². The van der Waals surface area contributed by atoms with Gasteiger partial charge in [-0.3, -0.25) is 0 Å². The molecule has 0 aromatic heterocycles. The minimum absolute atomic E-state index is 0.836. The highest BCUT2D eigenvalue weighted by atomic mass is 31.2. The smallest absolute Gasteiger partial charge is 0.104 e. The van der Waals surface area contributed by atoms with Gasteiger partial charge in [-0.15, -0.1) is 0 Å². The van der Waals surface area contributed by atoms with Crippen molar-refractivity contribution in [1.82, 2.24) is 0 Å². The van der Waals surface area contributed by atoms with Gasteiger partial charge >= 0.3 is 0 Å². The second-order valence-electron chi connectivity index (χ2n) is 8.75. The molecule has 0 aliphatic carbocycles. The molecular formula is C24H40P2. The minimum Gasteiger partial charge on any atom is -0.174 e. The summed E-state index contributed by atoms with van der Waals surface area (Å²) in [6.07, 6.45) is 10.8. The summed E-state index contributed by atoms with van der Waals surface area (Å²) in [5.74, 6) is 0. The fourth-order valence-corrected chi connectivity index (χ4v) is 17.0.